The van der Waals surface area contributed by atoms with Crippen LogP contribution in [-0.2, 0) is 20.7 Å². The summed E-state index contributed by atoms with van der Waals surface area (Å²) in [7, 11) is 0. The standard InChI is InChI=1S/C21H23IN2O4/c1-2-26-21(25)16-9-10-23-18(14-16)19(13-15-6-5-7-17(22)12-15)24-28-20-8-3-4-11-27-20/h5-7,9-10,12,14,20H,2-4,8,11,13H2,1H3/b24-19+. The van der Waals surface area contributed by atoms with Crippen LogP contribution in [0.4, 0.5) is 0 Å². The smallest absolute Gasteiger partial charge is 0.338 e. The lowest BCUT2D eigenvalue weighted by Crippen LogP contribution is -2.21. The second-order valence-electron chi connectivity index (χ2n) is 6.40. The third-order valence-electron chi connectivity index (χ3n) is 4.25. The van der Waals surface area contributed by atoms with E-state index in [0.29, 0.717) is 36.6 Å². The van der Waals surface area contributed by atoms with Crippen molar-refractivity contribution in [2.24, 2.45) is 5.16 Å². The van der Waals surface area contributed by atoms with Crippen molar-refractivity contribution in [3.63, 3.8) is 0 Å². The summed E-state index contributed by atoms with van der Waals surface area (Å²) in [6, 6.07) is 11.5. The molecule has 1 aliphatic rings. The molecule has 0 radical (unpaired) electrons. The van der Waals surface area contributed by atoms with E-state index in [0.717, 1.165) is 28.4 Å². The lowest BCUT2D eigenvalue weighted by molar-refractivity contribution is -0.162. The van der Waals surface area contributed by atoms with Crippen molar-refractivity contribution in [3.05, 3.63) is 63.0 Å². The number of halogens is 1. The predicted octanol–water partition coefficient (Wildman–Crippen LogP) is 4.35. The van der Waals surface area contributed by atoms with Gasteiger partial charge in [-0.15, -0.1) is 0 Å². The topological polar surface area (TPSA) is 70.0 Å². The van der Waals surface area contributed by atoms with Crippen LogP contribution >= 0.6 is 22.6 Å². The fraction of sp³-hybridized carbons (Fsp3) is 0.381. The minimum atomic E-state index is -0.378. The van der Waals surface area contributed by atoms with E-state index in [9.17, 15) is 4.79 Å². The number of esters is 1. The fourth-order valence-electron chi connectivity index (χ4n) is 2.86. The Hall–Kier alpha value is -2.00. The predicted molar refractivity (Wildman–Crippen MR) is 114 cm³/mol. The molecule has 1 aromatic carbocycles. The highest BCUT2D eigenvalue weighted by atomic mass is 127. The molecule has 0 aliphatic carbocycles. The number of rotatable bonds is 7. The monoisotopic (exact) mass is 494 g/mol. The SMILES string of the molecule is CCOC(=O)c1ccnc(/C(Cc2cccc(I)c2)=N/OC2CCCCO2)c1. The van der Waals surface area contributed by atoms with Gasteiger partial charge >= 0.3 is 5.97 Å². The number of carbonyl (C=O) groups excluding carboxylic acids is 1. The molecule has 0 saturated carbocycles. The van der Waals surface area contributed by atoms with Crippen LogP contribution in [0.25, 0.3) is 0 Å². The third kappa shape index (κ3) is 6.00. The number of nitrogens with zero attached hydrogens (tertiary/aromatic N) is 2. The zero-order chi connectivity index (χ0) is 19.8. The largest absolute Gasteiger partial charge is 0.462 e. The van der Waals surface area contributed by atoms with Crippen molar-refractivity contribution in [3.8, 4) is 0 Å². The second kappa shape index (κ2) is 10.5. The lowest BCUT2D eigenvalue weighted by Gasteiger charge is -2.20. The van der Waals surface area contributed by atoms with Gasteiger partial charge in [-0.3, -0.25) is 4.98 Å². The zero-order valence-corrected chi connectivity index (χ0v) is 17.9. The zero-order valence-electron chi connectivity index (χ0n) is 15.8. The summed E-state index contributed by atoms with van der Waals surface area (Å²) in [5, 5.41) is 4.36. The van der Waals surface area contributed by atoms with Crippen molar-refractivity contribution in [2.75, 3.05) is 13.2 Å². The summed E-state index contributed by atoms with van der Waals surface area (Å²) in [5.74, 6) is -0.378. The molecule has 3 rings (SSSR count). The van der Waals surface area contributed by atoms with Crippen LogP contribution in [0, 0.1) is 3.57 Å². The van der Waals surface area contributed by atoms with Gasteiger partial charge in [0.05, 0.1) is 24.5 Å². The van der Waals surface area contributed by atoms with Crippen LogP contribution < -0.4 is 0 Å². The molecule has 1 aliphatic heterocycles. The molecule has 2 aromatic rings. The highest BCUT2D eigenvalue weighted by molar-refractivity contribution is 14.1. The fourth-order valence-corrected chi connectivity index (χ4v) is 3.46. The van der Waals surface area contributed by atoms with E-state index >= 15 is 0 Å². The minimum Gasteiger partial charge on any atom is -0.462 e. The Morgan fingerprint density at radius 1 is 1.32 bits per heavy atom. The first-order chi connectivity index (χ1) is 13.7. The summed E-state index contributed by atoms with van der Waals surface area (Å²) in [5.41, 5.74) is 2.75. The van der Waals surface area contributed by atoms with E-state index in [1.54, 1.807) is 25.3 Å². The molecule has 0 spiro atoms. The molecule has 1 unspecified atom stereocenters. The van der Waals surface area contributed by atoms with Gasteiger partial charge < -0.3 is 14.3 Å². The number of carbonyl (C=O) groups is 1. The molecule has 0 N–H and O–H groups in total. The van der Waals surface area contributed by atoms with Crippen LogP contribution in [0.1, 0.15) is 47.8 Å². The van der Waals surface area contributed by atoms with E-state index in [4.69, 9.17) is 14.3 Å². The van der Waals surface area contributed by atoms with Crippen LogP contribution in [0.3, 0.4) is 0 Å². The lowest BCUT2D eigenvalue weighted by atomic mass is 10.0. The maximum absolute atomic E-state index is 12.1. The Kier molecular flexibility index (Phi) is 7.79. The molecule has 148 valence electrons. The molecule has 6 nitrogen and oxygen atoms in total. The van der Waals surface area contributed by atoms with Crippen LogP contribution in [-0.4, -0.2) is 36.2 Å². The van der Waals surface area contributed by atoms with Crippen molar-refractivity contribution in [1.82, 2.24) is 4.98 Å². The first kappa shape index (κ1) is 20.7. The molecule has 28 heavy (non-hydrogen) atoms. The molecule has 1 fully saturated rings. The number of hydrogen-bond donors (Lipinski definition) is 0. The number of hydrogen-bond acceptors (Lipinski definition) is 6. The van der Waals surface area contributed by atoms with Crippen LogP contribution in [0.5, 0.6) is 0 Å². The van der Waals surface area contributed by atoms with Gasteiger partial charge in [0.2, 0.25) is 6.29 Å². The van der Waals surface area contributed by atoms with Gasteiger partial charge in [0.15, 0.2) is 0 Å². The minimum absolute atomic E-state index is 0.321. The molecule has 2 heterocycles. The highest BCUT2D eigenvalue weighted by Gasteiger charge is 2.17. The molecule has 1 aromatic heterocycles. The van der Waals surface area contributed by atoms with Gasteiger partial charge in [-0.2, -0.15) is 0 Å². The second-order valence-corrected chi connectivity index (χ2v) is 7.64. The Morgan fingerprint density at radius 2 is 2.21 bits per heavy atom. The normalized spacial score (nSPS) is 17.2. The van der Waals surface area contributed by atoms with Crippen molar-refractivity contribution in [1.29, 1.82) is 0 Å². The first-order valence-corrected chi connectivity index (χ1v) is 10.5. The van der Waals surface area contributed by atoms with Gasteiger partial charge in [-0.1, -0.05) is 17.3 Å². The number of benzene rings is 1. The molecule has 0 amide bonds. The molecular weight excluding hydrogens is 471 g/mol. The summed E-state index contributed by atoms with van der Waals surface area (Å²) in [6.07, 6.45) is 4.69. The quantitative estimate of drug-likeness (QED) is 0.248. The summed E-state index contributed by atoms with van der Waals surface area (Å²) in [6.45, 7) is 2.78. The molecule has 7 heteroatoms. The Bertz CT molecular complexity index is 835. The summed E-state index contributed by atoms with van der Waals surface area (Å²) in [4.78, 5) is 22.1. The number of oxime groups is 1. The average Bonchev–Trinajstić information content (AvgIpc) is 2.72. The van der Waals surface area contributed by atoms with E-state index < -0.39 is 0 Å². The Morgan fingerprint density at radius 3 is 2.96 bits per heavy atom. The van der Waals surface area contributed by atoms with E-state index in [1.807, 2.05) is 18.2 Å². The van der Waals surface area contributed by atoms with Gasteiger partial charge in [0.25, 0.3) is 0 Å². The van der Waals surface area contributed by atoms with Crippen molar-refractivity contribution >= 4 is 34.3 Å². The van der Waals surface area contributed by atoms with E-state index in [1.165, 1.54) is 0 Å². The molecule has 1 saturated heterocycles. The van der Waals surface area contributed by atoms with Crippen molar-refractivity contribution in [2.45, 2.75) is 38.9 Å². The highest BCUT2D eigenvalue weighted by Crippen LogP contribution is 2.17. The average molecular weight is 494 g/mol. The molecule has 0 bridgehead atoms. The molecular formula is C21H23IN2O4. The van der Waals surface area contributed by atoms with E-state index in [2.05, 4.69) is 38.8 Å². The number of ether oxygens (including phenoxy) is 2. The van der Waals surface area contributed by atoms with Crippen molar-refractivity contribution < 1.29 is 19.1 Å². The summed E-state index contributed by atoms with van der Waals surface area (Å²) >= 11 is 2.28. The van der Waals surface area contributed by atoms with Gasteiger partial charge in [-0.25, -0.2) is 4.79 Å². The maximum atomic E-state index is 12.1. The first-order valence-electron chi connectivity index (χ1n) is 9.38. The van der Waals surface area contributed by atoms with Gasteiger partial charge in [0, 0.05) is 22.6 Å². The van der Waals surface area contributed by atoms with Gasteiger partial charge in [-0.05, 0) is 72.2 Å². The molecule has 1 atom stereocenters. The Balaban J connectivity index is 1.86. The maximum Gasteiger partial charge on any atom is 0.338 e. The van der Waals surface area contributed by atoms with Gasteiger partial charge in [0.1, 0.15) is 5.71 Å². The summed E-state index contributed by atoms with van der Waals surface area (Å²) < 4.78 is 11.8. The number of pyridine rings is 1. The van der Waals surface area contributed by atoms with Crippen LogP contribution in [0.15, 0.2) is 47.8 Å². The van der Waals surface area contributed by atoms with E-state index in [-0.39, 0.29) is 12.3 Å². The number of aromatic nitrogens is 1. The Labute approximate surface area is 178 Å². The third-order valence-corrected chi connectivity index (χ3v) is 4.92. The van der Waals surface area contributed by atoms with Crippen LogP contribution in [0.2, 0.25) is 0 Å².